The van der Waals surface area contributed by atoms with Crippen LogP contribution in [0.5, 0.6) is 0 Å². The van der Waals surface area contributed by atoms with Crippen LogP contribution >= 0.6 is 0 Å². The van der Waals surface area contributed by atoms with E-state index in [9.17, 15) is 57.8 Å². The Hall–Kier alpha value is -5.81. The highest BCUT2D eigenvalue weighted by Crippen LogP contribution is 2.16. The van der Waals surface area contributed by atoms with Crippen molar-refractivity contribution in [1.29, 1.82) is 0 Å². The molecule has 0 saturated carbocycles. The average molecular weight is 992 g/mol. The van der Waals surface area contributed by atoms with E-state index < -0.39 is 127 Å². The highest BCUT2D eigenvalue weighted by molar-refractivity contribution is 6.08. The molecule has 0 aromatic rings. The molecule has 0 aromatic carbocycles. The Bertz CT molecular complexity index is 1830. The van der Waals surface area contributed by atoms with E-state index in [4.69, 9.17) is 7.85 Å². The van der Waals surface area contributed by atoms with Gasteiger partial charge in [-0.05, 0) is 43.9 Å². The minimum absolute atomic E-state index is 0.104. The van der Waals surface area contributed by atoms with Crippen molar-refractivity contribution in [1.82, 2.24) is 55.6 Å². The molecule has 11 amide bonds. The fourth-order valence-corrected chi connectivity index (χ4v) is 7.16. The number of rotatable bonds is 29. The van der Waals surface area contributed by atoms with Crippen molar-refractivity contribution >= 4 is 72.8 Å². The third-order valence-electron chi connectivity index (χ3n) is 11.4. The Morgan fingerprint density at radius 1 is 0.557 bits per heavy atom. The third-order valence-corrected chi connectivity index (χ3v) is 11.4. The van der Waals surface area contributed by atoms with E-state index in [1.165, 1.54) is 63.9 Å². The molecule has 0 aliphatic carbocycles. The van der Waals surface area contributed by atoms with Crippen LogP contribution in [0.1, 0.15) is 81.1 Å². The van der Waals surface area contributed by atoms with Crippen LogP contribution in [0.25, 0.3) is 0 Å². The van der Waals surface area contributed by atoms with Crippen LogP contribution in [-0.2, 0) is 52.7 Å². The lowest BCUT2D eigenvalue weighted by atomic mass is 9.97. The monoisotopic (exact) mass is 992 g/mol. The van der Waals surface area contributed by atoms with Crippen molar-refractivity contribution in [3.8, 4) is 0 Å². The number of nitrogens with one attached hydrogen (secondary N) is 4. The quantitative estimate of drug-likeness (QED) is 0.0493. The number of carbonyl (C=O) groups excluding carboxylic acids is 11. The van der Waals surface area contributed by atoms with Crippen LogP contribution in [0.4, 0.5) is 0 Å². The summed E-state index contributed by atoms with van der Waals surface area (Å²) in [5, 5.41) is 20.1. The van der Waals surface area contributed by atoms with Gasteiger partial charge in [-0.25, -0.2) is 0 Å². The van der Waals surface area contributed by atoms with Gasteiger partial charge in [0.2, 0.25) is 65.0 Å². The second-order valence-electron chi connectivity index (χ2n) is 19.2. The van der Waals surface area contributed by atoms with Crippen molar-refractivity contribution in [2.75, 3.05) is 89.1 Å². The molecule has 0 fully saturated rings. The molecule has 0 aliphatic heterocycles. The SMILES string of the molecule is [B]CCC(O)CC(=O)NC(CC)C(=O)N(C)CC(=O)N(C)CC(=O)N[C@H](C(=O)N(C)C(CC(C)C)C(=O)NCC(=O)NC(C)C(=O)N(C)CC(=O)N(C)CC(=O)N(C)C(C(=O)N(C)C)C(C)C)C(C)C. The minimum Gasteiger partial charge on any atom is -0.393 e. The molecule has 2 radical (unpaired) electrons. The van der Waals surface area contributed by atoms with Crippen molar-refractivity contribution in [2.45, 2.75) is 124 Å². The molecule has 0 spiro atoms. The van der Waals surface area contributed by atoms with E-state index >= 15 is 0 Å². The number of aliphatic hydroxyl groups is 1. The standard InChI is InChI=1S/C46H82BN11O12/c1-17-32(50-34(60)21-31(59)18-19-47)44(68)56(14)25-37(63)53(11)23-36(62)51-40(28(4)5)45(69)57(15)33(20-27(2)3)42(66)48-22-35(61)49-30(8)43(67)55(13)24-38(64)54(12)26-39(65)58(16)41(29(6)7)46(70)52(9)10/h27-33,40-41,59H,17-26H2,1-16H3,(H,48,66)(H,49,61)(H,50,60)(H,51,62)/t30?,31?,32?,33?,40-,41?/m0/s1. The summed E-state index contributed by atoms with van der Waals surface area (Å²) in [4.78, 5) is 152. The fraction of sp³-hybridized carbons (Fsp3) is 0.761. The molecule has 5 N–H and O–H groups in total. The molecule has 24 heteroatoms. The molecule has 0 aromatic heterocycles. The number of hydrogen-bond acceptors (Lipinski definition) is 12. The van der Waals surface area contributed by atoms with Gasteiger partial charge in [-0.15, -0.1) is 0 Å². The zero-order chi connectivity index (χ0) is 54.5. The van der Waals surface area contributed by atoms with Crippen molar-refractivity contribution in [2.24, 2.45) is 17.8 Å². The van der Waals surface area contributed by atoms with Crippen molar-refractivity contribution in [3.05, 3.63) is 0 Å². The Morgan fingerprint density at radius 3 is 1.54 bits per heavy atom. The van der Waals surface area contributed by atoms with E-state index in [-0.39, 0.29) is 56.3 Å². The molecule has 0 heterocycles. The van der Waals surface area contributed by atoms with Gasteiger partial charge in [-0.3, -0.25) is 52.7 Å². The summed E-state index contributed by atoms with van der Waals surface area (Å²) in [6.07, 6.45) is -0.425. The summed E-state index contributed by atoms with van der Waals surface area (Å²) >= 11 is 0. The second-order valence-corrected chi connectivity index (χ2v) is 19.2. The molecular formula is C46H82BN11O12. The van der Waals surface area contributed by atoms with Gasteiger partial charge in [-0.2, -0.15) is 0 Å². The maximum absolute atomic E-state index is 13.9. The van der Waals surface area contributed by atoms with Crippen molar-refractivity contribution < 1.29 is 57.8 Å². The van der Waals surface area contributed by atoms with Gasteiger partial charge in [0.1, 0.15) is 30.2 Å². The van der Waals surface area contributed by atoms with Crippen LogP contribution in [0.3, 0.4) is 0 Å². The maximum Gasteiger partial charge on any atom is 0.245 e. The lowest BCUT2D eigenvalue weighted by molar-refractivity contribution is -0.147. The van der Waals surface area contributed by atoms with Crippen LogP contribution in [0.15, 0.2) is 0 Å². The molecule has 23 nitrogen and oxygen atoms in total. The largest absolute Gasteiger partial charge is 0.393 e. The van der Waals surface area contributed by atoms with E-state index in [1.54, 1.807) is 48.7 Å². The zero-order valence-corrected chi connectivity index (χ0v) is 44.4. The number of aliphatic hydroxyl groups excluding tert-OH is 1. The topological polar surface area (TPSA) is 279 Å². The Balaban J connectivity index is 5.54. The van der Waals surface area contributed by atoms with Crippen LogP contribution < -0.4 is 21.3 Å². The number of carbonyl (C=O) groups is 11. The molecule has 0 aliphatic rings. The first-order valence-corrected chi connectivity index (χ1v) is 23.6. The third kappa shape index (κ3) is 21.5. The Morgan fingerprint density at radius 2 is 1.07 bits per heavy atom. The van der Waals surface area contributed by atoms with Gasteiger partial charge in [0.25, 0.3) is 0 Å². The summed E-state index contributed by atoms with van der Waals surface area (Å²) in [6, 6.07) is -5.06. The number of likely N-dealkylation sites (N-methyl/N-ethyl adjacent to an activating group) is 7. The lowest BCUT2D eigenvalue weighted by Crippen LogP contribution is -2.58. The Kier molecular flexibility index (Phi) is 28.2. The van der Waals surface area contributed by atoms with Crippen LogP contribution in [0, 0.1) is 17.8 Å². The molecule has 70 heavy (non-hydrogen) atoms. The summed E-state index contributed by atoms with van der Waals surface area (Å²) in [5.41, 5.74) is 0. The summed E-state index contributed by atoms with van der Waals surface area (Å²) in [5.74, 6) is -7.17. The second kappa shape index (κ2) is 30.7. The van der Waals surface area contributed by atoms with Crippen LogP contribution in [-0.4, -0.2) is 238 Å². The van der Waals surface area contributed by atoms with Gasteiger partial charge in [0.15, 0.2) is 0 Å². The van der Waals surface area contributed by atoms with Gasteiger partial charge in [0.05, 0.1) is 53.1 Å². The summed E-state index contributed by atoms with van der Waals surface area (Å²) in [7, 11) is 16.9. The summed E-state index contributed by atoms with van der Waals surface area (Å²) in [6.45, 7) is 11.5. The number of amides is 11. The molecular weight excluding hydrogens is 909 g/mol. The van der Waals surface area contributed by atoms with Crippen molar-refractivity contribution in [3.63, 3.8) is 0 Å². The maximum atomic E-state index is 13.9. The zero-order valence-electron chi connectivity index (χ0n) is 44.4. The van der Waals surface area contributed by atoms with Gasteiger partial charge >= 0.3 is 0 Å². The van der Waals surface area contributed by atoms with E-state index in [0.717, 1.165) is 19.6 Å². The normalized spacial score (nSPS) is 13.7. The molecule has 0 rings (SSSR count). The molecule has 6 atom stereocenters. The van der Waals surface area contributed by atoms with Gasteiger partial charge < -0.3 is 60.7 Å². The lowest BCUT2D eigenvalue weighted by Gasteiger charge is -2.33. The first-order chi connectivity index (χ1) is 32.3. The Labute approximate surface area is 415 Å². The van der Waals surface area contributed by atoms with Gasteiger partial charge in [-0.1, -0.05) is 54.8 Å². The first-order valence-electron chi connectivity index (χ1n) is 23.6. The predicted octanol–water partition coefficient (Wildman–Crippen LogP) is -2.35. The van der Waals surface area contributed by atoms with E-state index in [0.29, 0.717) is 0 Å². The summed E-state index contributed by atoms with van der Waals surface area (Å²) < 4.78 is 0. The van der Waals surface area contributed by atoms with Gasteiger partial charge in [0, 0.05) is 56.4 Å². The number of hydrogen-bond donors (Lipinski definition) is 5. The molecule has 396 valence electrons. The highest BCUT2D eigenvalue weighted by Gasteiger charge is 2.36. The number of nitrogens with zero attached hydrogens (tertiary/aromatic N) is 7. The van der Waals surface area contributed by atoms with Crippen LogP contribution in [0.2, 0.25) is 6.32 Å². The molecule has 5 unspecified atom stereocenters. The highest BCUT2D eigenvalue weighted by atomic mass is 16.3. The fourth-order valence-electron chi connectivity index (χ4n) is 7.16. The minimum atomic E-state index is -1.14. The smallest absolute Gasteiger partial charge is 0.245 e. The predicted molar refractivity (Wildman–Crippen MR) is 262 cm³/mol. The average Bonchev–Trinajstić information content (AvgIpc) is 3.26. The van der Waals surface area contributed by atoms with E-state index in [1.807, 2.05) is 13.8 Å². The first kappa shape index (κ1) is 64.2. The van der Waals surface area contributed by atoms with E-state index in [2.05, 4.69) is 21.3 Å². The molecule has 0 bridgehead atoms. The molecule has 0 saturated heterocycles.